The van der Waals surface area contributed by atoms with E-state index in [2.05, 4.69) is 25.6 Å². The lowest BCUT2D eigenvalue weighted by Gasteiger charge is -2.40. The molecule has 2 amide bonds. The van der Waals surface area contributed by atoms with Gasteiger partial charge in [-0.2, -0.15) is 0 Å². The molecule has 28 heavy (non-hydrogen) atoms. The molecule has 146 valence electrons. The summed E-state index contributed by atoms with van der Waals surface area (Å²) >= 11 is 0. The number of nitrogens with one attached hydrogen (secondary N) is 2. The Kier molecular flexibility index (Phi) is 4.56. The van der Waals surface area contributed by atoms with Gasteiger partial charge in [0, 0.05) is 17.3 Å². The first-order valence-corrected chi connectivity index (χ1v) is 9.44. The van der Waals surface area contributed by atoms with E-state index in [0.717, 1.165) is 38.3 Å². The standard InChI is InChI=1S/C20H22FN5O2/c1-13-9-22-11-16(24-13)18(28)26-20-6-2-5-19(12-20,7-8-20)25-17(27)15-4-3-14(21)10-23-15/h3-4,9-11H,2,5-8,12H2,1H3,(H,25,27)(H,26,28)/t19-,20+/m1/s1. The van der Waals surface area contributed by atoms with Crippen LogP contribution in [0.4, 0.5) is 4.39 Å². The number of hydrogen-bond donors (Lipinski definition) is 2. The van der Waals surface area contributed by atoms with Crippen LogP contribution in [0.3, 0.4) is 0 Å². The van der Waals surface area contributed by atoms with Gasteiger partial charge in [-0.3, -0.25) is 14.6 Å². The predicted octanol–water partition coefficient (Wildman–Crippen LogP) is 2.32. The van der Waals surface area contributed by atoms with Crippen LogP contribution in [-0.2, 0) is 0 Å². The summed E-state index contributed by atoms with van der Waals surface area (Å²) in [5, 5.41) is 6.26. The summed E-state index contributed by atoms with van der Waals surface area (Å²) in [7, 11) is 0. The Balaban J connectivity index is 1.47. The number of amides is 2. The maximum absolute atomic E-state index is 13.0. The van der Waals surface area contributed by atoms with Crippen molar-refractivity contribution in [2.45, 2.75) is 56.5 Å². The molecule has 2 fully saturated rings. The summed E-state index contributed by atoms with van der Waals surface area (Å²) in [4.78, 5) is 37.4. The number of carbonyl (C=O) groups is 2. The van der Waals surface area contributed by atoms with Gasteiger partial charge in [0.1, 0.15) is 17.2 Å². The van der Waals surface area contributed by atoms with Crippen LogP contribution in [0.15, 0.2) is 30.7 Å². The van der Waals surface area contributed by atoms with E-state index in [-0.39, 0.29) is 28.6 Å². The fraction of sp³-hybridized carbons (Fsp3) is 0.450. The number of fused-ring (bicyclic) bond motifs is 2. The molecule has 4 rings (SSSR count). The van der Waals surface area contributed by atoms with Gasteiger partial charge in [0.25, 0.3) is 11.8 Å². The van der Waals surface area contributed by atoms with Gasteiger partial charge in [-0.15, -0.1) is 0 Å². The van der Waals surface area contributed by atoms with Gasteiger partial charge >= 0.3 is 0 Å². The van der Waals surface area contributed by atoms with Crippen molar-refractivity contribution in [1.82, 2.24) is 25.6 Å². The molecule has 0 saturated heterocycles. The van der Waals surface area contributed by atoms with Crippen LogP contribution in [-0.4, -0.2) is 37.8 Å². The van der Waals surface area contributed by atoms with Crippen molar-refractivity contribution in [3.63, 3.8) is 0 Å². The summed E-state index contributed by atoms with van der Waals surface area (Å²) in [5.74, 6) is -1.02. The van der Waals surface area contributed by atoms with E-state index in [0.29, 0.717) is 17.8 Å². The Bertz CT molecular complexity index is 919. The molecule has 0 spiro atoms. The minimum absolute atomic E-state index is 0.193. The molecular formula is C20H22FN5O2. The zero-order valence-electron chi connectivity index (χ0n) is 15.7. The van der Waals surface area contributed by atoms with Gasteiger partial charge in [-0.25, -0.2) is 14.4 Å². The van der Waals surface area contributed by atoms with E-state index < -0.39 is 5.82 Å². The van der Waals surface area contributed by atoms with Crippen LogP contribution in [0.2, 0.25) is 0 Å². The van der Waals surface area contributed by atoms with E-state index >= 15 is 0 Å². The second kappa shape index (κ2) is 6.92. The molecular weight excluding hydrogens is 361 g/mol. The monoisotopic (exact) mass is 383 g/mol. The predicted molar refractivity (Wildman–Crippen MR) is 99.1 cm³/mol. The molecule has 2 heterocycles. The molecule has 2 aliphatic rings. The lowest BCUT2D eigenvalue weighted by Crippen LogP contribution is -2.55. The first kappa shape index (κ1) is 18.5. The highest BCUT2D eigenvalue weighted by atomic mass is 19.1. The lowest BCUT2D eigenvalue weighted by atomic mass is 9.78. The van der Waals surface area contributed by atoms with Crippen molar-refractivity contribution in [2.75, 3.05) is 0 Å². The fourth-order valence-corrected chi connectivity index (χ4v) is 4.53. The zero-order valence-corrected chi connectivity index (χ0v) is 15.7. The Morgan fingerprint density at radius 2 is 1.64 bits per heavy atom. The minimum Gasteiger partial charge on any atom is -0.345 e. The topological polar surface area (TPSA) is 96.9 Å². The van der Waals surface area contributed by atoms with Crippen LogP contribution in [0.1, 0.15) is 65.2 Å². The molecule has 2 aliphatic carbocycles. The van der Waals surface area contributed by atoms with Crippen molar-refractivity contribution in [1.29, 1.82) is 0 Å². The normalized spacial score (nSPS) is 25.9. The average Bonchev–Trinajstić information content (AvgIpc) is 2.92. The highest BCUT2D eigenvalue weighted by Crippen LogP contribution is 2.48. The van der Waals surface area contributed by atoms with Crippen molar-refractivity contribution in [2.24, 2.45) is 0 Å². The maximum atomic E-state index is 13.0. The van der Waals surface area contributed by atoms with Gasteiger partial charge in [-0.1, -0.05) is 0 Å². The van der Waals surface area contributed by atoms with E-state index in [1.807, 2.05) is 0 Å². The molecule has 2 bridgehead atoms. The van der Waals surface area contributed by atoms with Gasteiger partial charge < -0.3 is 10.6 Å². The number of hydrogen-bond acceptors (Lipinski definition) is 5. The number of halogens is 1. The van der Waals surface area contributed by atoms with Gasteiger partial charge in [-0.05, 0) is 57.6 Å². The van der Waals surface area contributed by atoms with Crippen LogP contribution in [0.25, 0.3) is 0 Å². The molecule has 2 saturated carbocycles. The van der Waals surface area contributed by atoms with Gasteiger partial charge in [0.05, 0.1) is 18.1 Å². The van der Waals surface area contributed by atoms with Crippen LogP contribution in [0, 0.1) is 12.7 Å². The summed E-state index contributed by atoms with van der Waals surface area (Å²) in [6, 6.07) is 2.60. The third kappa shape index (κ3) is 3.58. The second-order valence-electron chi connectivity index (χ2n) is 7.91. The number of nitrogens with zero attached hydrogens (tertiary/aromatic N) is 3. The van der Waals surface area contributed by atoms with Gasteiger partial charge in [0.2, 0.25) is 0 Å². The second-order valence-corrected chi connectivity index (χ2v) is 7.91. The molecule has 0 unspecified atom stereocenters. The van der Waals surface area contributed by atoms with E-state index in [9.17, 15) is 14.0 Å². The number of rotatable bonds is 4. The molecule has 2 atom stereocenters. The van der Waals surface area contributed by atoms with Crippen molar-refractivity contribution < 1.29 is 14.0 Å². The van der Waals surface area contributed by atoms with Crippen molar-refractivity contribution >= 4 is 11.8 Å². The molecule has 0 radical (unpaired) electrons. The fourth-order valence-electron chi connectivity index (χ4n) is 4.53. The van der Waals surface area contributed by atoms with Crippen LogP contribution in [0.5, 0.6) is 0 Å². The first-order chi connectivity index (χ1) is 13.4. The molecule has 8 heteroatoms. The van der Waals surface area contributed by atoms with Crippen LogP contribution < -0.4 is 10.6 Å². The maximum Gasteiger partial charge on any atom is 0.271 e. The first-order valence-electron chi connectivity index (χ1n) is 9.44. The lowest BCUT2D eigenvalue weighted by molar-refractivity contribution is 0.0826. The molecule has 2 aromatic heterocycles. The van der Waals surface area contributed by atoms with Crippen molar-refractivity contribution in [3.05, 3.63) is 53.6 Å². The third-order valence-corrected chi connectivity index (χ3v) is 5.77. The molecule has 7 nitrogen and oxygen atoms in total. The highest BCUT2D eigenvalue weighted by Gasteiger charge is 2.52. The summed E-state index contributed by atoms with van der Waals surface area (Å²) in [6.45, 7) is 1.79. The van der Waals surface area contributed by atoms with Crippen LogP contribution >= 0.6 is 0 Å². The Morgan fingerprint density at radius 3 is 2.25 bits per heavy atom. The minimum atomic E-state index is -0.478. The number of pyridine rings is 1. The molecule has 2 N–H and O–H groups in total. The smallest absolute Gasteiger partial charge is 0.271 e. The van der Waals surface area contributed by atoms with E-state index in [4.69, 9.17) is 0 Å². The summed E-state index contributed by atoms with van der Waals surface area (Å²) < 4.78 is 13.0. The Labute approximate surface area is 162 Å². The largest absolute Gasteiger partial charge is 0.345 e. The number of carbonyl (C=O) groups excluding carboxylic acids is 2. The summed E-state index contributed by atoms with van der Waals surface area (Å²) in [5.41, 5.74) is 0.449. The van der Waals surface area contributed by atoms with E-state index in [1.165, 1.54) is 18.3 Å². The molecule has 2 aromatic rings. The SMILES string of the molecule is Cc1cncc(C(=O)N[C@@]23CCC[C@@](NC(=O)c4ccc(F)cn4)(CC2)C3)n1. The highest BCUT2D eigenvalue weighted by molar-refractivity contribution is 5.93. The zero-order chi connectivity index (χ0) is 19.8. The molecule has 0 aromatic carbocycles. The van der Waals surface area contributed by atoms with Gasteiger partial charge in [0.15, 0.2) is 0 Å². The molecule has 0 aliphatic heterocycles. The Hall–Kier alpha value is -2.90. The third-order valence-electron chi connectivity index (χ3n) is 5.77. The average molecular weight is 383 g/mol. The number of aromatic nitrogens is 3. The quantitative estimate of drug-likeness (QED) is 0.845. The van der Waals surface area contributed by atoms with Crippen molar-refractivity contribution in [3.8, 4) is 0 Å². The summed E-state index contributed by atoms with van der Waals surface area (Å²) in [6.07, 6.45) is 8.95. The Morgan fingerprint density at radius 1 is 0.964 bits per heavy atom. The van der Waals surface area contributed by atoms with E-state index in [1.54, 1.807) is 13.1 Å². The number of aryl methyl sites for hydroxylation is 1.